The van der Waals surface area contributed by atoms with Crippen LogP contribution in [-0.2, 0) is 20.1 Å². The Morgan fingerprint density at radius 3 is 2.46 bits per heavy atom. The average Bonchev–Trinajstić information content (AvgIpc) is 2.97. The van der Waals surface area contributed by atoms with Crippen LogP contribution in [0.3, 0.4) is 0 Å². The average molecular weight is 414 g/mol. The standard InChI is InChI=1S/C21H24ClN5S/c1-24-20(14-17-6-3-2-4-7-17)23-27(21(24)28)16-25-10-12-26(13-11-25)19-9-5-8-18(22)15-19/h2-9,15H,10-14,16H2,1H3. The number of aromatic nitrogens is 3. The van der Waals surface area contributed by atoms with Crippen molar-refractivity contribution in [2.24, 2.45) is 7.05 Å². The second-order valence-electron chi connectivity index (χ2n) is 7.15. The lowest BCUT2D eigenvalue weighted by molar-refractivity contribution is 0.194. The number of benzene rings is 2. The summed E-state index contributed by atoms with van der Waals surface area (Å²) in [4.78, 5) is 4.77. The monoisotopic (exact) mass is 413 g/mol. The molecule has 28 heavy (non-hydrogen) atoms. The van der Waals surface area contributed by atoms with Crippen LogP contribution in [0.4, 0.5) is 5.69 Å². The maximum atomic E-state index is 6.13. The minimum atomic E-state index is 0.727. The quantitative estimate of drug-likeness (QED) is 0.592. The van der Waals surface area contributed by atoms with Gasteiger partial charge in [0.15, 0.2) is 4.77 Å². The molecule has 0 unspecified atom stereocenters. The van der Waals surface area contributed by atoms with Gasteiger partial charge in [-0.3, -0.25) is 4.90 Å². The summed E-state index contributed by atoms with van der Waals surface area (Å²) in [7, 11) is 2.00. The molecule has 0 spiro atoms. The molecule has 1 aliphatic rings. The molecule has 1 aromatic heterocycles. The van der Waals surface area contributed by atoms with E-state index >= 15 is 0 Å². The summed E-state index contributed by atoms with van der Waals surface area (Å²) in [5.74, 6) is 0.994. The molecule has 3 aromatic rings. The zero-order valence-electron chi connectivity index (χ0n) is 16.0. The third kappa shape index (κ3) is 4.29. The molecule has 0 aliphatic carbocycles. The van der Waals surface area contributed by atoms with Gasteiger partial charge < -0.3 is 9.47 Å². The van der Waals surface area contributed by atoms with Gasteiger partial charge in [-0.25, -0.2) is 4.68 Å². The fraction of sp³-hybridized carbons (Fsp3) is 0.333. The maximum Gasteiger partial charge on any atom is 0.198 e. The Morgan fingerprint density at radius 2 is 1.75 bits per heavy atom. The van der Waals surface area contributed by atoms with Crippen LogP contribution in [-0.4, -0.2) is 45.4 Å². The van der Waals surface area contributed by atoms with Crippen LogP contribution in [0.2, 0.25) is 5.02 Å². The first-order valence-electron chi connectivity index (χ1n) is 9.49. The fourth-order valence-electron chi connectivity index (χ4n) is 3.57. The highest BCUT2D eigenvalue weighted by Crippen LogP contribution is 2.21. The molecule has 0 saturated carbocycles. The first-order valence-corrected chi connectivity index (χ1v) is 10.3. The van der Waals surface area contributed by atoms with E-state index in [1.54, 1.807) is 0 Å². The van der Waals surface area contributed by atoms with Crippen molar-refractivity contribution < 1.29 is 0 Å². The van der Waals surface area contributed by atoms with Gasteiger partial charge in [0.1, 0.15) is 5.82 Å². The van der Waals surface area contributed by atoms with Crippen molar-refractivity contribution in [2.75, 3.05) is 31.1 Å². The molecule has 1 saturated heterocycles. The SMILES string of the molecule is Cn1c(Cc2ccccc2)nn(CN2CCN(c3cccc(Cl)c3)CC2)c1=S. The Balaban J connectivity index is 1.40. The van der Waals surface area contributed by atoms with Crippen LogP contribution in [0.25, 0.3) is 0 Å². The molecular formula is C21H24ClN5S. The van der Waals surface area contributed by atoms with Gasteiger partial charge in [-0.1, -0.05) is 48.0 Å². The van der Waals surface area contributed by atoms with E-state index in [0.717, 1.165) is 54.9 Å². The first kappa shape index (κ1) is 19.2. The summed E-state index contributed by atoms with van der Waals surface area (Å²) in [6.45, 7) is 4.61. The zero-order valence-corrected chi connectivity index (χ0v) is 17.5. The van der Waals surface area contributed by atoms with Crippen molar-refractivity contribution in [3.05, 3.63) is 75.8 Å². The van der Waals surface area contributed by atoms with E-state index in [1.165, 1.54) is 11.3 Å². The normalized spacial score (nSPS) is 15.1. The summed E-state index contributed by atoms with van der Waals surface area (Å²) >= 11 is 11.8. The lowest BCUT2D eigenvalue weighted by Crippen LogP contribution is -2.47. The number of piperazine rings is 1. The van der Waals surface area contributed by atoms with Crippen molar-refractivity contribution in [1.29, 1.82) is 0 Å². The van der Waals surface area contributed by atoms with E-state index in [2.05, 4.69) is 40.1 Å². The molecule has 0 bridgehead atoms. The van der Waals surface area contributed by atoms with Crippen LogP contribution >= 0.6 is 23.8 Å². The van der Waals surface area contributed by atoms with Crippen LogP contribution < -0.4 is 4.90 Å². The molecule has 0 atom stereocenters. The largest absolute Gasteiger partial charge is 0.369 e. The molecule has 7 heteroatoms. The van der Waals surface area contributed by atoms with Gasteiger partial charge in [-0.05, 0) is 36.0 Å². The first-order chi connectivity index (χ1) is 13.6. The summed E-state index contributed by atoms with van der Waals surface area (Å²) in [6.07, 6.45) is 0.788. The van der Waals surface area contributed by atoms with Crippen molar-refractivity contribution in [2.45, 2.75) is 13.1 Å². The molecular weight excluding hydrogens is 390 g/mol. The van der Waals surface area contributed by atoms with Crippen molar-refractivity contribution >= 4 is 29.5 Å². The van der Waals surface area contributed by atoms with Gasteiger partial charge in [-0.15, -0.1) is 0 Å². The van der Waals surface area contributed by atoms with Gasteiger partial charge >= 0.3 is 0 Å². The van der Waals surface area contributed by atoms with Gasteiger partial charge in [0.25, 0.3) is 0 Å². The van der Waals surface area contributed by atoms with E-state index in [1.807, 2.05) is 40.6 Å². The fourth-order valence-corrected chi connectivity index (χ4v) is 3.96. The number of rotatable bonds is 5. The van der Waals surface area contributed by atoms with E-state index in [0.29, 0.717) is 0 Å². The Kier molecular flexibility index (Phi) is 5.80. The number of hydrogen-bond donors (Lipinski definition) is 0. The minimum absolute atomic E-state index is 0.727. The summed E-state index contributed by atoms with van der Waals surface area (Å²) < 4.78 is 4.73. The molecule has 2 heterocycles. The summed E-state index contributed by atoms with van der Waals surface area (Å²) in [5.41, 5.74) is 2.43. The van der Waals surface area contributed by atoms with E-state index < -0.39 is 0 Å². The molecule has 5 nitrogen and oxygen atoms in total. The van der Waals surface area contributed by atoms with Crippen LogP contribution in [0.15, 0.2) is 54.6 Å². The number of hydrogen-bond acceptors (Lipinski definition) is 4. The number of nitrogens with zero attached hydrogens (tertiary/aromatic N) is 5. The Hall–Kier alpha value is -2.15. The molecule has 146 valence electrons. The van der Waals surface area contributed by atoms with Gasteiger partial charge in [0.2, 0.25) is 0 Å². The second-order valence-corrected chi connectivity index (χ2v) is 7.95. The zero-order chi connectivity index (χ0) is 19.5. The topological polar surface area (TPSA) is 29.2 Å². The highest BCUT2D eigenvalue weighted by atomic mass is 35.5. The van der Waals surface area contributed by atoms with Crippen LogP contribution in [0.5, 0.6) is 0 Å². The Bertz CT molecular complexity index is 990. The number of anilines is 1. The van der Waals surface area contributed by atoms with E-state index in [9.17, 15) is 0 Å². The predicted molar refractivity (Wildman–Crippen MR) is 117 cm³/mol. The lowest BCUT2D eigenvalue weighted by Gasteiger charge is -2.35. The van der Waals surface area contributed by atoms with Gasteiger partial charge in [0.05, 0.1) is 6.67 Å². The number of halogens is 1. The van der Waals surface area contributed by atoms with Crippen molar-refractivity contribution in [1.82, 2.24) is 19.2 Å². The third-order valence-corrected chi connectivity index (χ3v) is 5.94. The van der Waals surface area contributed by atoms with Crippen molar-refractivity contribution in [3.63, 3.8) is 0 Å². The molecule has 4 rings (SSSR count). The Morgan fingerprint density at radius 1 is 1.00 bits per heavy atom. The highest BCUT2D eigenvalue weighted by Gasteiger charge is 2.19. The van der Waals surface area contributed by atoms with E-state index in [4.69, 9.17) is 28.9 Å². The molecule has 0 amide bonds. The Labute approximate surface area is 175 Å². The molecule has 0 radical (unpaired) electrons. The van der Waals surface area contributed by atoms with Gasteiger partial charge in [0, 0.05) is 50.4 Å². The molecule has 2 aromatic carbocycles. The molecule has 1 fully saturated rings. The smallest absolute Gasteiger partial charge is 0.198 e. The second kappa shape index (κ2) is 8.47. The molecule has 1 aliphatic heterocycles. The summed E-state index contributed by atoms with van der Waals surface area (Å²) in [5, 5.41) is 5.57. The summed E-state index contributed by atoms with van der Waals surface area (Å²) in [6, 6.07) is 18.5. The molecule has 0 N–H and O–H groups in total. The van der Waals surface area contributed by atoms with Crippen molar-refractivity contribution in [3.8, 4) is 0 Å². The van der Waals surface area contributed by atoms with Crippen LogP contribution in [0.1, 0.15) is 11.4 Å². The maximum absolute atomic E-state index is 6.13. The van der Waals surface area contributed by atoms with E-state index in [-0.39, 0.29) is 0 Å². The van der Waals surface area contributed by atoms with Crippen LogP contribution in [0, 0.1) is 4.77 Å². The highest BCUT2D eigenvalue weighted by molar-refractivity contribution is 7.71. The minimum Gasteiger partial charge on any atom is -0.369 e. The lowest BCUT2D eigenvalue weighted by atomic mass is 10.1. The third-order valence-electron chi connectivity index (χ3n) is 5.22. The van der Waals surface area contributed by atoms with Gasteiger partial charge in [-0.2, -0.15) is 5.10 Å². The predicted octanol–water partition coefficient (Wildman–Crippen LogP) is 3.97.